The topological polar surface area (TPSA) is 9.23 Å². The molecule has 0 radical (unpaired) electrons. The van der Waals surface area contributed by atoms with Gasteiger partial charge in [0.25, 0.3) is 0 Å². The van der Waals surface area contributed by atoms with E-state index in [-0.39, 0.29) is 0 Å². The molecule has 0 unspecified atom stereocenters. The molecule has 0 aliphatic rings. The largest absolute Gasteiger partial charge is 0.553 e. The van der Waals surface area contributed by atoms with E-state index in [4.69, 9.17) is 0 Å². The van der Waals surface area contributed by atoms with E-state index >= 15 is 0 Å². The van der Waals surface area contributed by atoms with Crippen LogP contribution in [0.2, 0.25) is 0 Å². The predicted octanol–water partition coefficient (Wildman–Crippen LogP) is -0.418. The van der Waals surface area contributed by atoms with E-state index in [1.807, 2.05) is 0 Å². The average molecular weight is 86.2 g/mol. The number of hydrogen-bond donors (Lipinski definition) is 0. The van der Waals surface area contributed by atoms with Crippen molar-refractivity contribution in [3.05, 3.63) is 18.6 Å². The highest BCUT2D eigenvalue weighted by Crippen LogP contribution is 1.55. The fourth-order valence-electron chi connectivity index (χ4n) is 0.0833. The summed E-state index contributed by atoms with van der Waals surface area (Å²) in [5, 5.41) is 0. The van der Waals surface area contributed by atoms with Crippen LogP contribution in [-0.2, 0) is 4.43 Å². The molecule has 0 aromatic carbocycles. The van der Waals surface area contributed by atoms with Crippen molar-refractivity contribution < 1.29 is 4.43 Å². The fourth-order valence-corrected chi connectivity index (χ4v) is 0.250. The van der Waals surface area contributed by atoms with Crippen LogP contribution in [-0.4, -0.2) is 10.5 Å². The van der Waals surface area contributed by atoms with Crippen LogP contribution in [0.3, 0.4) is 0 Å². The molecule has 0 N–H and O–H groups in total. The maximum atomic E-state index is 4.53. The van der Waals surface area contributed by atoms with Crippen LogP contribution in [0, 0.1) is 0 Å². The van der Waals surface area contributed by atoms with Gasteiger partial charge in [0, 0.05) is 0 Å². The molecule has 2 heteroatoms. The Bertz CT molecular complexity index is 53.9. The molecule has 0 heterocycles. The quantitative estimate of drug-likeness (QED) is 0.239. The van der Waals surface area contributed by atoms with Crippen LogP contribution >= 0.6 is 0 Å². The number of rotatable bonds is 1. The van der Waals surface area contributed by atoms with Crippen molar-refractivity contribution in [2.24, 2.45) is 0 Å². The van der Waals surface area contributed by atoms with Gasteiger partial charge in [-0.15, -0.1) is 0 Å². The van der Waals surface area contributed by atoms with E-state index in [0.29, 0.717) is 0 Å². The molecular formula is C3H6OSi. The van der Waals surface area contributed by atoms with E-state index in [1.54, 1.807) is 0 Å². The van der Waals surface area contributed by atoms with Crippen LogP contribution in [0.25, 0.3) is 0 Å². The Balaban J connectivity index is 2.93. The molecular weight excluding hydrogens is 80.1 g/mol. The van der Waals surface area contributed by atoms with Crippen LogP contribution < -0.4 is 0 Å². The van der Waals surface area contributed by atoms with Crippen molar-refractivity contribution in [3.8, 4) is 0 Å². The van der Waals surface area contributed by atoms with Crippen molar-refractivity contribution in [2.45, 2.75) is 0 Å². The Morgan fingerprint density at radius 2 is 2.60 bits per heavy atom. The van der Waals surface area contributed by atoms with Gasteiger partial charge in [-0.2, -0.15) is 0 Å². The van der Waals surface area contributed by atoms with E-state index < -0.39 is 0 Å². The van der Waals surface area contributed by atoms with Gasteiger partial charge >= 0.3 is 0 Å². The van der Waals surface area contributed by atoms with E-state index in [2.05, 4.69) is 16.7 Å². The third kappa shape index (κ3) is 3.54. The van der Waals surface area contributed by atoms with Crippen molar-refractivity contribution in [2.75, 3.05) is 0 Å². The Labute approximate surface area is 34.5 Å². The van der Waals surface area contributed by atoms with Crippen molar-refractivity contribution in [1.82, 2.24) is 0 Å². The third-order valence-electron chi connectivity index (χ3n) is 0.201. The highest BCUT2D eigenvalue weighted by Gasteiger charge is 1.42. The van der Waals surface area contributed by atoms with Crippen LogP contribution in [0.1, 0.15) is 0 Å². The second-order valence-corrected chi connectivity index (χ2v) is 1.03. The lowest BCUT2D eigenvalue weighted by Crippen LogP contribution is -1.60. The maximum absolute atomic E-state index is 4.53. The third-order valence-corrected chi connectivity index (χ3v) is 0.437. The molecule has 5 heavy (non-hydrogen) atoms. The summed E-state index contributed by atoms with van der Waals surface area (Å²) in [6, 6.07) is 0. The van der Waals surface area contributed by atoms with Gasteiger partial charge in [-0.1, -0.05) is 12.3 Å². The minimum atomic E-state index is 0.741. The zero-order valence-corrected chi connectivity index (χ0v) is 5.19. The summed E-state index contributed by atoms with van der Waals surface area (Å²) in [7, 11) is 0.741. The maximum Gasteiger partial charge on any atom is 0.204 e. The van der Waals surface area contributed by atoms with Gasteiger partial charge in [0.05, 0.1) is 0 Å². The monoisotopic (exact) mass is 86.0 g/mol. The minimum Gasteiger partial charge on any atom is -0.553 e. The molecule has 28 valence electrons. The van der Waals surface area contributed by atoms with Crippen LogP contribution in [0.15, 0.2) is 18.6 Å². The first-order chi connectivity index (χ1) is 2.41. The summed E-state index contributed by atoms with van der Waals surface area (Å²) in [4.78, 5) is 0. The highest BCUT2D eigenvalue weighted by molar-refractivity contribution is 5.98. The highest BCUT2D eigenvalue weighted by atomic mass is 28.2. The van der Waals surface area contributed by atoms with Gasteiger partial charge in [-0.05, 0) is 0 Å². The SMILES string of the molecule is C=C=CO[SiH3]. The predicted molar refractivity (Wildman–Crippen MR) is 24.7 cm³/mol. The van der Waals surface area contributed by atoms with Gasteiger partial charge in [-0.3, -0.25) is 0 Å². The molecule has 0 saturated carbocycles. The van der Waals surface area contributed by atoms with Crippen molar-refractivity contribution in [3.63, 3.8) is 0 Å². The molecule has 0 fully saturated rings. The van der Waals surface area contributed by atoms with Crippen molar-refractivity contribution in [1.29, 1.82) is 0 Å². The fraction of sp³-hybridized carbons (Fsp3) is 0. The molecule has 0 bridgehead atoms. The summed E-state index contributed by atoms with van der Waals surface area (Å²) >= 11 is 0. The lowest BCUT2D eigenvalue weighted by Gasteiger charge is -1.74. The lowest BCUT2D eigenvalue weighted by atomic mass is 11.0. The minimum absolute atomic E-state index is 0.741. The smallest absolute Gasteiger partial charge is 0.204 e. The lowest BCUT2D eigenvalue weighted by molar-refractivity contribution is 0.536. The molecule has 1 nitrogen and oxygen atoms in total. The molecule has 0 amide bonds. The summed E-state index contributed by atoms with van der Waals surface area (Å²) < 4.78 is 4.53. The van der Waals surface area contributed by atoms with Gasteiger partial charge < -0.3 is 4.43 Å². The Morgan fingerprint density at radius 3 is 2.60 bits per heavy atom. The summed E-state index contributed by atoms with van der Waals surface area (Å²) in [5.41, 5.74) is 2.45. The Morgan fingerprint density at radius 1 is 2.00 bits per heavy atom. The van der Waals surface area contributed by atoms with Crippen LogP contribution in [0.5, 0.6) is 0 Å². The van der Waals surface area contributed by atoms with E-state index in [1.165, 1.54) is 6.26 Å². The molecule has 0 aromatic rings. The van der Waals surface area contributed by atoms with Crippen molar-refractivity contribution >= 4 is 10.5 Å². The van der Waals surface area contributed by atoms with Crippen LogP contribution in [0.4, 0.5) is 0 Å². The molecule has 0 rings (SSSR count). The summed E-state index contributed by atoms with van der Waals surface area (Å²) in [5.74, 6) is 0. The second kappa shape index (κ2) is 3.54. The van der Waals surface area contributed by atoms with Gasteiger partial charge in [0.15, 0.2) is 0 Å². The molecule has 0 aromatic heterocycles. The first kappa shape index (κ1) is 4.54. The summed E-state index contributed by atoms with van der Waals surface area (Å²) in [6.45, 7) is 3.27. The molecule has 0 spiro atoms. The zero-order valence-electron chi connectivity index (χ0n) is 3.19. The molecule has 0 aliphatic heterocycles. The second-order valence-electron chi connectivity index (χ2n) is 0.558. The standard InChI is InChI=1S/C3H6OSi/c1-2-3-4-5/h3H,1H2,5H3. The number of hydrogen-bond acceptors (Lipinski definition) is 1. The van der Waals surface area contributed by atoms with Gasteiger partial charge in [0.1, 0.15) is 6.26 Å². The van der Waals surface area contributed by atoms with E-state index in [9.17, 15) is 0 Å². The average Bonchev–Trinajstić information content (AvgIpc) is 1.41. The normalized spacial score (nSPS) is 5.60. The Kier molecular flexibility index (Phi) is 3.21. The Hall–Kier alpha value is -0.463. The van der Waals surface area contributed by atoms with E-state index in [0.717, 1.165) is 10.5 Å². The molecule has 0 aliphatic carbocycles. The first-order valence-corrected chi connectivity index (χ1v) is 2.10. The zero-order chi connectivity index (χ0) is 4.12. The summed E-state index contributed by atoms with van der Waals surface area (Å²) in [6.07, 6.45) is 1.45. The molecule has 0 saturated heterocycles. The van der Waals surface area contributed by atoms with Gasteiger partial charge in [-0.25, -0.2) is 0 Å². The molecule has 0 atom stereocenters. The van der Waals surface area contributed by atoms with Gasteiger partial charge in [0.2, 0.25) is 10.5 Å². The first-order valence-electron chi connectivity index (χ1n) is 1.29.